The van der Waals surface area contributed by atoms with Crippen molar-refractivity contribution in [3.8, 4) is 44.5 Å². The molecule has 2 heteroatoms. The maximum absolute atomic E-state index is 2.42. The maximum Gasteiger partial charge on any atom is 0.0713 e. The summed E-state index contributed by atoms with van der Waals surface area (Å²) in [5, 5.41) is 2.64. The van der Waals surface area contributed by atoms with Gasteiger partial charge in [0.25, 0.3) is 0 Å². The number of fused-ring (bicyclic) bond motifs is 6. The van der Waals surface area contributed by atoms with Gasteiger partial charge < -0.3 is 4.90 Å². The summed E-state index contributed by atoms with van der Waals surface area (Å²) in [6, 6.07) is 91.3. The molecule has 1 nitrogen and oxygen atoms in total. The van der Waals surface area contributed by atoms with Crippen LogP contribution in [0, 0.1) is 0 Å². The molecule has 1 aromatic heterocycles. The van der Waals surface area contributed by atoms with Crippen molar-refractivity contribution >= 4 is 48.6 Å². The van der Waals surface area contributed by atoms with Gasteiger partial charge in [-0.05, 0) is 104 Å². The first-order valence-electron chi connectivity index (χ1n) is 21.7. The molecule has 1 aliphatic carbocycles. The third kappa shape index (κ3) is 6.06. The lowest BCUT2D eigenvalue weighted by molar-refractivity contribution is 0.768. The number of thiophene rings is 1. The molecule has 0 fully saturated rings. The van der Waals surface area contributed by atoms with E-state index in [9.17, 15) is 0 Å². The van der Waals surface area contributed by atoms with Crippen molar-refractivity contribution in [1.82, 2.24) is 0 Å². The quantitative estimate of drug-likeness (QED) is 0.148. The topological polar surface area (TPSA) is 3.24 Å². The van der Waals surface area contributed by atoms with Crippen molar-refractivity contribution in [2.45, 2.75) is 5.41 Å². The fourth-order valence-corrected chi connectivity index (χ4v) is 11.4. The van der Waals surface area contributed by atoms with Crippen LogP contribution in [0.2, 0.25) is 0 Å². The Kier molecular flexibility index (Phi) is 8.98. The molecule has 0 atom stereocenters. The average molecular weight is 820 g/mol. The second-order valence-electron chi connectivity index (χ2n) is 16.4. The van der Waals surface area contributed by atoms with Crippen LogP contribution in [0.15, 0.2) is 249 Å². The van der Waals surface area contributed by atoms with E-state index in [4.69, 9.17) is 0 Å². The average Bonchev–Trinajstić information content (AvgIpc) is 3.90. The van der Waals surface area contributed by atoms with Crippen LogP contribution in [0.1, 0.15) is 22.3 Å². The second-order valence-corrected chi connectivity index (χ2v) is 17.4. The molecule has 0 amide bonds. The Morgan fingerprint density at radius 1 is 0.317 bits per heavy atom. The van der Waals surface area contributed by atoms with Gasteiger partial charge in [0.15, 0.2) is 0 Å². The maximum atomic E-state index is 2.42. The van der Waals surface area contributed by atoms with E-state index >= 15 is 0 Å². The molecule has 0 N–H and O–H groups in total. The van der Waals surface area contributed by atoms with Crippen LogP contribution in [-0.2, 0) is 5.41 Å². The van der Waals surface area contributed by atoms with Gasteiger partial charge >= 0.3 is 0 Å². The summed E-state index contributed by atoms with van der Waals surface area (Å²) in [6.07, 6.45) is 0. The van der Waals surface area contributed by atoms with E-state index in [-0.39, 0.29) is 0 Å². The van der Waals surface area contributed by atoms with E-state index in [0.717, 1.165) is 17.1 Å². The van der Waals surface area contributed by atoms with Crippen molar-refractivity contribution in [3.05, 3.63) is 271 Å². The fraction of sp³-hybridized carbons (Fsp3) is 0.0164. The Hall–Kier alpha value is -7.78. The van der Waals surface area contributed by atoms with E-state index in [1.54, 1.807) is 0 Å². The molecule has 10 aromatic carbocycles. The lowest BCUT2D eigenvalue weighted by Gasteiger charge is -2.34. The molecule has 296 valence electrons. The number of para-hydroxylation sites is 1. The predicted octanol–water partition coefficient (Wildman–Crippen LogP) is 16.9. The van der Waals surface area contributed by atoms with E-state index in [1.165, 1.54) is 86.9 Å². The van der Waals surface area contributed by atoms with E-state index < -0.39 is 5.41 Å². The van der Waals surface area contributed by atoms with Crippen molar-refractivity contribution in [3.63, 3.8) is 0 Å². The standard InChI is InChI=1S/C61H41NS/c1-3-17-43(18-4-1)50-23-9-13-31-58(50)62(48-37-33-42(34-38-48)44-19-15-20-45(41-44)51-27-16-28-55-54-26-10-14-32-59(54)63-60(51)55)49-39-35-47(36-40-49)61(46-21-5-2-6-22-46)56-29-11-7-24-52(56)53-25-8-12-30-57(53)61/h1-41H. The normalized spacial score (nSPS) is 12.6. The van der Waals surface area contributed by atoms with Gasteiger partial charge in [-0.2, -0.15) is 0 Å². The molecular weight excluding hydrogens is 779 g/mol. The molecule has 0 saturated heterocycles. The second kappa shape index (κ2) is 15.3. The lowest BCUT2D eigenvalue weighted by Crippen LogP contribution is -2.28. The highest BCUT2D eigenvalue weighted by molar-refractivity contribution is 7.26. The lowest BCUT2D eigenvalue weighted by atomic mass is 9.68. The highest BCUT2D eigenvalue weighted by atomic mass is 32.1. The predicted molar refractivity (Wildman–Crippen MR) is 268 cm³/mol. The molecule has 0 spiro atoms. The van der Waals surface area contributed by atoms with Gasteiger partial charge in [-0.15, -0.1) is 11.3 Å². The zero-order chi connectivity index (χ0) is 41.7. The molecule has 0 unspecified atom stereocenters. The molecule has 1 heterocycles. The minimum absolute atomic E-state index is 0.460. The van der Waals surface area contributed by atoms with Crippen molar-refractivity contribution in [2.24, 2.45) is 0 Å². The highest BCUT2D eigenvalue weighted by Gasteiger charge is 2.45. The Morgan fingerprint density at radius 2 is 0.825 bits per heavy atom. The first kappa shape index (κ1) is 37.0. The Labute approximate surface area is 372 Å². The van der Waals surface area contributed by atoms with E-state index in [0.29, 0.717) is 0 Å². The van der Waals surface area contributed by atoms with Crippen LogP contribution in [-0.4, -0.2) is 0 Å². The molecule has 0 bridgehead atoms. The molecule has 12 rings (SSSR count). The molecule has 0 aliphatic heterocycles. The van der Waals surface area contributed by atoms with Crippen LogP contribution in [0.5, 0.6) is 0 Å². The third-order valence-electron chi connectivity index (χ3n) is 13.0. The van der Waals surface area contributed by atoms with E-state index in [2.05, 4.69) is 254 Å². The van der Waals surface area contributed by atoms with Crippen LogP contribution in [0.3, 0.4) is 0 Å². The summed E-state index contributed by atoms with van der Waals surface area (Å²) in [7, 11) is 0. The fourth-order valence-electron chi connectivity index (χ4n) is 10.2. The summed E-state index contributed by atoms with van der Waals surface area (Å²) >= 11 is 1.88. The highest BCUT2D eigenvalue weighted by Crippen LogP contribution is 2.56. The number of anilines is 3. The van der Waals surface area contributed by atoms with Gasteiger partial charge in [0.1, 0.15) is 0 Å². The Morgan fingerprint density at radius 3 is 1.56 bits per heavy atom. The zero-order valence-electron chi connectivity index (χ0n) is 34.5. The minimum atomic E-state index is -0.460. The number of benzene rings is 10. The van der Waals surface area contributed by atoms with Gasteiger partial charge in [-0.1, -0.05) is 206 Å². The largest absolute Gasteiger partial charge is 0.310 e. The number of rotatable bonds is 8. The Balaban J connectivity index is 0.977. The number of hydrogen-bond donors (Lipinski definition) is 0. The molecule has 0 saturated carbocycles. The first-order chi connectivity index (χ1) is 31.3. The first-order valence-corrected chi connectivity index (χ1v) is 22.5. The molecular formula is C61H41NS. The van der Waals surface area contributed by atoms with Gasteiger partial charge in [0, 0.05) is 37.1 Å². The molecule has 63 heavy (non-hydrogen) atoms. The van der Waals surface area contributed by atoms with Crippen LogP contribution in [0.25, 0.3) is 64.7 Å². The summed E-state index contributed by atoms with van der Waals surface area (Å²) in [6.45, 7) is 0. The molecule has 11 aromatic rings. The minimum Gasteiger partial charge on any atom is -0.310 e. The Bertz CT molecular complexity index is 3390. The van der Waals surface area contributed by atoms with Gasteiger partial charge in [0.2, 0.25) is 0 Å². The smallest absolute Gasteiger partial charge is 0.0713 e. The van der Waals surface area contributed by atoms with Crippen LogP contribution < -0.4 is 4.90 Å². The summed E-state index contributed by atoms with van der Waals surface area (Å²) in [4.78, 5) is 2.42. The zero-order valence-corrected chi connectivity index (χ0v) is 35.3. The molecule has 0 radical (unpaired) electrons. The number of hydrogen-bond acceptors (Lipinski definition) is 2. The summed E-state index contributed by atoms with van der Waals surface area (Å²) in [5.74, 6) is 0. The summed E-state index contributed by atoms with van der Waals surface area (Å²) < 4.78 is 2.66. The monoisotopic (exact) mass is 819 g/mol. The van der Waals surface area contributed by atoms with Crippen molar-refractivity contribution in [1.29, 1.82) is 0 Å². The third-order valence-corrected chi connectivity index (χ3v) is 14.2. The number of nitrogens with zero attached hydrogens (tertiary/aromatic N) is 1. The van der Waals surface area contributed by atoms with Crippen LogP contribution in [0.4, 0.5) is 17.1 Å². The SMILES string of the molecule is c1ccc(-c2ccccc2N(c2ccc(-c3cccc(-c4cccc5c4sc4ccccc45)c3)cc2)c2ccc(C3(c4ccccc4)c4ccccc4-c4ccccc43)cc2)cc1. The van der Waals surface area contributed by atoms with E-state index in [1.807, 2.05) is 11.3 Å². The molecule has 1 aliphatic rings. The van der Waals surface area contributed by atoms with Crippen molar-refractivity contribution < 1.29 is 0 Å². The summed E-state index contributed by atoms with van der Waals surface area (Å²) in [5.41, 5.74) is 17.8. The van der Waals surface area contributed by atoms with Gasteiger partial charge in [-0.25, -0.2) is 0 Å². The van der Waals surface area contributed by atoms with Crippen molar-refractivity contribution in [2.75, 3.05) is 4.90 Å². The van der Waals surface area contributed by atoms with Gasteiger partial charge in [0.05, 0.1) is 11.1 Å². The van der Waals surface area contributed by atoms with Gasteiger partial charge in [-0.3, -0.25) is 0 Å². The van der Waals surface area contributed by atoms with Crippen LogP contribution >= 0.6 is 11.3 Å².